The molecule has 1 atom stereocenters. The fourth-order valence-corrected chi connectivity index (χ4v) is 4.58. The number of carbonyl (C=O) groups is 1. The third-order valence-electron chi connectivity index (χ3n) is 4.62. The molecule has 8 heteroatoms. The van der Waals surface area contributed by atoms with E-state index in [4.69, 9.17) is 4.74 Å². The van der Waals surface area contributed by atoms with Gasteiger partial charge in [0.05, 0.1) is 23.6 Å². The van der Waals surface area contributed by atoms with Crippen LogP contribution in [0.25, 0.3) is 0 Å². The third kappa shape index (κ3) is 3.60. The largest absolute Gasteiger partial charge is 0.384 e. The topological polar surface area (TPSA) is 75.7 Å². The van der Waals surface area contributed by atoms with E-state index in [1.807, 2.05) is 11.0 Å². The van der Waals surface area contributed by atoms with E-state index in [1.165, 1.54) is 7.11 Å². The smallest absolute Gasteiger partial charge is 0.256 e. The van der Waals surface area contributed by atoms with Gasteiger partial charge < -0.3 is 9.64 Å². The van der Waals surface area contributed by atoms with E-state index in [0.29, 0.717) is 23.7 Å². The van der Waals surface area contributed by atoms with Crippen LogP contribution in [0, 0.1) is 5.92 Å². The highest BCUT2D eigenvalue weighted by Gasteiger charge is 2.40. The Hall–Kier alpha value is -1.12. The average Bonchev–Trinajstić information content (AvgIpc) is 3.29. The molecule has 0 unspecified atom stereocenters. The average molecular weight is 417 g/mol. The van der Waals surface area contributed by atoms with Crippen LogP contribution in [-0.4, -0.2) is 44.7 Å². The van der Waals surface area contributed by atoms with Crippen LogP contribution >= 0.6 is 15.9 Å². The molecule has 1 heterocycles. The van der Waals surface area contributed by atoms with Crippen LogP contribution in [0.5, 0.6) is 0 Å². The number of fused-ring (bicyclic) bond motifs is 1. The molecule has 0 radical (unpaired) electrons. The summed E-state index contributed by atoms with van der Waals surface area (Å²) in [5.41, 5.74) is 1.66. The molecule has 0 bridgehead atoms. The Bertz CT molecular complexity index is 762. The second-order valence-corrected chi connectivity index (χ2v) is 9.17. The molecule has 1 aromatic rings. The highest BCUT2D eigenvalue weighted by molar-refractivity contribution is 9.10. The Morgan fingerprint density at radius 3 is 2.75 bits per heavy atom. The summed E-state index contributed by atoms with van der Waals surface area (Å²) in [5, 5.41) is 0. The summed E-state index contributed by atoms with van der Waals surface area (Å²) in [6.07, 6.45) is 2.31. The summed E-state index contributed by atoms with van der Waals surface area (Å²) in [6.45, 7) is 2.70. The molecule has 1 N–H and O–H groups in total. The molecule has 132 valence electrons. The lowest BCUT2D eigenvalue weighted by atomic mass is 10.1. The molecule has 0 saturated heterocycles. The minimum absolute atomic E-state index is 0.0960. The maximum Gasteiger partial charge on any atom is 0.256 e. The van der Waals surface area contributed by atoms with Crippen molar-refractivity contribution in [1.29, 1.82) is 0 Å². The number of amides is 1. The third-order valence-corrected chi connectivity index (χ3v) is 6.31. The summed E-state index contributed by atoms with van der Waals surface area (Å²) in [4.78, 5) is 14.7. The first-order chi connectivity index (χ1) is 11.3. The molecule has 1 fully saturated rings. The van der Waals surface area contributed by atoms with Crippen molar-refractivity contribution in [2.75, 3.05) is 24.2 Å². The molecule has 1 amide bonds. The van der Waals surface area contributed by atoms with Gasteiger partial charge in [-0.25, -0.2) is 8.42 Å². The zero-order valence-electron chi connectivity index (χ0n) is 13.7. The van der Waals surface area contributed by atoms with Crippen LogP contribution in [0.2, 0.25) is 0 Å². The van der Waals surface area contributed by atoms with E-state index in [1.54, 1.807) is 6.07 Å². The summed E-state index contributed by atoms with van der Waals surface area (Å²) in [5.74, 6) is 0.316. The van der Waals surface area contributed by atoms with Crippen LogP contribution in [0.1, 0.15) is 35.7 Å². The predicted octanol–water partition coefficient (Wildman–Crippen LogP) is 2.59. The monoisotopic (exact) mass is 416 g/mol. The predicted molar refractivity (Wildman–Crippen MR) is 95.5 cm³/mol. The van der Waals surface area contributed by atoms with Gasteiger partial charge in [-0.3, -0.25) is 9.52 Å². The van der Waals surface area contributed by atoms with Crippen molar-refractivity contribution in [3.63, 3.8) is 0 Å². The minimum atomic E-state index is -3.57. The van der Waals surface area contributed by atoms with Gasteiger partial charge in [0.2, 0.25) is 10.0 Å². The molecular weight excluding hydrogens is 396 g/mol. The van der Waals surface area contributed by atoms with Gasteiger partial charge in [-0.15, -0.1) is 0 Å². The molecule has 1 saturated carbocycles. The molecule has 24 heavy (non-hydrogen) atoms. The highest BCUT2D eigenvalue weighted by Crippen LogP contribution is 2.40. The number of halogens is 1. The van der Waals surface area contributed by atoms with Crippen molar-refractivity contribution in [3.05, 3.63) is 27.7 Å². The quantitative estimate of drug-likeness (QED) is 0.740. The van der Waals surface area contributed by atoms with Crippen molar-refractivity contribution >= 4 is 37.5 Å². The summed E-state index contributed by atoms with van der Waals surface area (Å²) < 4.78 is 32.5. The Morgan fingerprint density at radius 1 is 1.42 bits per heavy atom. The fraction of sp³-hybridized carbons (Fsp3) is 0.562. The zero-order chi connectivity index (χ0) is 17.5. The Balaban J connectivity index is 1.90. The second kappa shape index (κ2) is 6.65. The van der Waals surface area contributed by atoms with E-state index in [-0.39, 0.29) is 24.3 Å². The molecule has 1 aliphatic heterocycles. The molecule has 2 aliphatic rings. The summed E-state index contributed by atoms with van der Waals surface area (Å²) >= 11 is 3.40. The molecule has 1 aromatic carbocycles. The Labute approximate surface area is 150 Å². The van der Waals surface area contributed by atoms with E-state index >= 15 is 0 Å². The Morgan fingerprint density at radius 2 is 2.12 bits per heavy atom. The van der Waals surface area contributed by atoms with Crippen molar-refractivity contribution in [2.24, 2.45) is 5.92 Å². The van der Waals surface area contributed by atoms with Gasteiger partial charge in [0.15, 0.2) is 0 Å². The van der Waals surface area contributed by atoms with Gasteiger partial charge in [-0.1, -0.05) is 15.9 Å². The van der Waals surface area contributed by atoms with Crippen LogP contribution in [0.15, 0.2) is 16.6 Å². The number of anilines is 1. The lowest BCUT2D eigenvalue weighted by Gasteiger charge is -2.24. The number of nitrogens with zero attached hydrogens (tertiary/aromatic N) is 1. The fourth-order valence-electron chi connectivity index (χ4n) is 3.09. The standard InChI is InChI=1S/C16H21BrN2O4S/c1-10(11-3-4-11)19-9-12-7-13(17)8-14(15(12)16(19)20)18-24(21,22)6-5-23-2/h7-8,10-11,18H,3-6,9H2,1-2H3/t10-/m0/s1. The van der Waals surface area contributed by atoms with Crippen LogP contribution in [0.4, 0.5) is 5.69 Å². The molecule has 0 spiro atoms. The number of methoxy groups -OCH3 is 1. The molecule has 1 aliphatic carbocycles. The van der Waals surface area contributed by atoms with Crippen LogP contribution in [0.3, 0.4) is 0 Å². The number of hydrogen-bond acceptors (Lipinski definition) is 4. The van der Waals surface area contributed by atoms with Gasteiger partial charge in [-0.2, -0.15) is 0 Å². The lowest BCUT2D eigenvalue weighted by Crippen LogP contribution is -2.35. The van der Waals surface area contributed by atoms with Crippen LogP contribution in [-0.2, 0) is 21.3 Å². The normalized spacial score (nSPS) is 18.6. The highest BCUT2D eigenvalue weighted by atomic mass is 79.9. The maximum absolute atomic E-state index is 12.9. The number of hydrogen-bond donors (Lipinski definition) is 1. The molecule has 0 aromatic heterocycles. The van der Waals surface area contributed by atoms with Gasteiger partial charge in [0.1, 0.15) is 0 Å². The lowest BCUT2D eigenvalue weighted by molar-refractivity contribution is 0.0698. The number of sulfonamides is 1. The zero-order valence-corrected chi connectivity index (χ0v) is 16.1. The first-order valence-electron chi connectivity index (χ1n) is 7.95. The summed E-state index contributed by atoms with van der Waals surface area (Å²) in [7, 11) is -2.12. The van der Waals surface area contributed by atoms with Gasteiger partial charge in [-0.05, 0) is 43.4 Å². The van der Waals surface area contributed by atoms with Crippen molar-refractivity contribution in [1.82, 2.24) is 4.90 Å². The van der Waals surface area contributed by atoms with Crippen LogP contribution < -0.4 is 4.72 Å². The van der Waals surface area contributed by atoms with E-state index in [9.17, 15) is 13.2 Å². The molecular formula is C16H21BrN2O4S. The van der Waals surface area contributed by atoms with Gasteiger partial charge in [0.25, 0.3) is 5.91 Å². The Kier molecular flexibility index (Phi) is 4.90. The van der Waals surface area contributed by atoms with Gasteiger partial charge >= 0.3 is 0 Å². The maximum atomic E-state index is 12.9. The first kappa shape index (κ1) is 17.7. The van der Waals surface area contributed by atoms with Crippen molar-refractivity contribution in [2.45, 2.75) is 32.4 Å². The molecule has 3 rings (SSSR count). The SMILES string of the molecule is COCCS(=O)(=O)Nc1cc(Br)cc2c1C(=O)N([C@@H](C)C1CC1)C2. The first-order valence-corrected chi connectivity index (χ1v) is 10.4. The number of ether oxygens (including phenoxy) is 1. The van der Waals surface area contributed by atoms with E-state index in [2.05, 4.69) is 27.6 Å². The minimum Gasteiger partial charge on any atom is -0.384 e. The molecule has 6 nitrogen and oxygen atoms in total. The van der Waals surface area contributed by atoms with E-state index in [0.717, 1.165) is 22.9 Å². The summed E-state index contributed by atoms with van der Waals surface area (Å²) in [6, 6.07) is 3.72. The number of carbonyl (C=O) groups excluding carboxylic acids is 1. The number of nitrogens with one attached hydrogen (secondary N) is 1. The second-order valence-electron chi connectivity index (χ2n) is 6.41. The number of benzene rings is 1. The van der Waals surface area contributed by atoms with Crippen molar-refractivity contribution < 1.29 is 17.9 Å². The van der Waals surface area contributed by atoms with E-state index < -0.39 is 10.0 Å². The van der Waals surface area contributed by atoms with Gasteiger partial charge in [0, 0.05) is 24.2 Å². The van der Waals surface area contributed by atoms with Crippen molar-refractivity contribution in [3.8, 4) is 0 Å². The number of rotatable bonds is 7.